The zero-order valence-corrected chi connectivity index (χ0v) is 18.1. The molecule has 9 heteroatoms. The van der Waals surface area contributed by atoms with Crippen LogP contribution >= 0.6 is 11.3 Å². The van der Waals surface area contributed by atoms with Crippen LogP contribution in [-0.2, 0) is 14.8 Å². The Bertz CT molecular complexity index is 1390. The van der Waals surface area contributed by atoms with E-state index in [1.54, 1.807) is 24.3 Å². The summed E-state index contributed by atoms with van der Waals surface area (Å²) in [6, 6.07) is 18.1. The molecule has 1 saturated heterocycles. The highest BCUT2D eigenvalue weighted by Crippen LogP contribution is 2.30. The second-order valence-electron chi connectivity index (χ2n) is 7.15. The number of nitrogens with one attached hydrogen (secondary N) is 1. The van der Waals surface area contributed by atoms with Gasteiger partial charge in [-0.15, -0.1) is 0 Å². The lowest BCUT2D eigenvalue weighted by molar-refractivity contribution is 0.0730. The quantitative estimate of drug-likeness (QED) is 0.509. The number of aromatic nitrogens is 1. The van der Waals surface area contributed by atoms with Gasteiger partial charge in [-0.3, -0.25) is 10.1 Å². The standard InChI is InChI=1S/C22H19N3O4S2/c26-21(18-7-3-5-15-4-1-2-6-17(15)18)24-22-23-19-9-8-16(14-20(19)30-22)31(27,28)25-10-12-29-13-11-25/h1-9,14H,10-13H2,(H,23,24,26). The van der Waals surface area contributed by atoms with Crippen LogP contribution in [0.1, 0.15) is 10.4 Å². The van der Waals surface area contributed by atoms with Gasteiger partial charge in [0.25, 0.3) is 5.91 Å². The third-order valence-corrected chi connectivity index (χ3v) is 8.05. The smallest absolute Gasteiger partial charge is 0.258 e. The summed E-state index contributed by atoms with van der Waals surface area (Å²) in [6.45, 7) is 1.48. The summed E-state index contributed by atoms with van der Waals surface area (Å²) in [4.78, 5) is 17.6. The molecule has 0 radical (unpaired) electrons. The van der Waals surface area contributed by atoms with Crippen molar-refractivity contribution in [2.45, 2.75) is 4.90 Å². The van der Waals surface area contributed by atoms with Gasteiger partial charge in [0.05, 0.1) is 28.3 Å². The van der Waals surface area contributed by atoms with Crippen LogP contribution in [0.25, 0.3) is 21.0 Å². The van der Waals surface area contributed by atoms with Gasteiger partial charge in [0.2, 0.25) is 10.0 Å². The lowest BCUT2D eigenvalue weighted by Gasteiger charge is -2.25. The van der Waals surface area contributed by atoms with E-state index in [1.807, 2.05) is 36.4 Å². The van der Waals surface area contributed by atoms with Crippen LogP contribution in [0.3, 0.4) is 0 Å². The second-order valence-corrected chi connectivity index (χ2v) is 10.1. The average molecular weight is 454 g/mol. The molecule has 5 rings (SSSR count). The minimum atomic E-state index is -3.59. The second kappa shape index (κ2) is 8.01. The SMILES string of the molecule is O=C(Nc1nc2ccc(S(=O)(=O)N3CCOCC3)cc2s1)c1cccc2ccccc12. The van der Waals surface area contributed by atoms with E-state index in [4.69, 9.17) is 4.74 Å². The summed E-state index contributed by atoms with van der Waals surface area (Å²) >= 11 is 1.25. The Kier molecular flexibility index (Phi) is 5.19. The molecule has 7 nitrogen and oxygen atoms in total. The number of fused-ring (bicyclic) bond motifs is 2. The third kappa shape index (κ3) is 3.81. The lowest BCUT2D eigenvalue weighted by Crippen LogP contribution is -2.40. The summed E-state index contributed by atoms with van der Waals surface area (Å²) in [6.07, 6.45) is 0. The van der Waals surface area contributed by atoms with Crippen LogP contribution in [0.5, 0.6) is 0 Å². The van der Waals surface area contributed by atoms with Gasteiger partial charge in [-0.25, -0.2) is 13.4 Å². The van der Waals surface area contributed by atoms with Crippen molar-refractivity contribution >= 4 is 53.4 Å². The fraction of sp³-hybridized carbons (Fsp3) is 0.182. The van der Waals surface area contributed by atoms with Crippen molar-refractivity contribution in [2.75, 3.05) is 31.6 Å². The van der Waals surface area contributed by atoms with Crippen molar-refractivity contribution in [3.8, 4) is 0 Å². The molecular formula is C22H19N3O4S2. The number of carbonyl (C=O) groups excluding carboxylic acids is 1. The van der Waals surface area contributed by atoms with Crippen LogP contribution < -0.4 is 5.32 Å². The van der Waals surface area contributed by atoms with Crippen molar-refractivity contribution in [3.63, 3.8) is 0 Å². The number of thiazole rings is 1. The van der Waals surface area contributed by atoms with Gasteiger partial charge in [-0.2, -0.15) is 4.31 Å². The monoisotopic (exact) mass is 453 g/mol. The largest absolute Gasteiger partial charge is 0.379 e. The van der Waals surface area contributed by atoms with Crippen molar-refractivity contribution in [2.24, 2.45) is 0 Å². The molecule has 4 aromatic rings. The minimum absolute atomic E-state index is 0.220. The van der Waals surface area contributed by atoms with E-state index in [9.17, 15) is 13.2 Å². The number of amides is 1. The van der Waals surface area contributed by atoms with Crippen molar-refractivity contribution in [1.82, 2.24) is 9.29 Å². The first-order valence-corrected chi connectivity index (χ1v) is 12.1. The van der Waals surface area contributed by atoms with Gasteiger partial charge >= 0.3 is 0 Å². The number of anilines is 1. The highest BCUT2D eigenvalue weighted by atomic mass is 32.2. The molecule has 1 aliphatic rings. The summed E-state index contributed by atoms with van der Waals surface area (Å²) in [5.41, 5.74) is 1.20. The summed E-state index contributed by atoms with van der Waals surface area (Å²) < 4.78 is 33.2. The molecule has 2 heterocycles. The average Bonchev–Trinajstić information content (AvgIpc) is 3.20. The van der Waals surface area contributed by atoms with E-state index in [0.717, 1.165) is 10.8 Å². The summed E-state index contributed by atoms with van der Waals surface area (Å²) in [5.74, 6) is -0.253. The highest BCUT2D eigenvalue weighted by Gasteiger charge is 2.26. The van der Waals surface area contributed by atoms with Crippen LogP contribution in [0.15, 0.2) is 65.6 Å². The molecule has 0 unspecified atom stereocenters. The van der Waals surface area contributed by atoms with Gasteiger partial charge in [-0.05, 0) is 35.0 Å². The number of rotatable bonds is 4. The first kappa shape index (κ1) is 20.1. The molecule has 1 fully saturated rings. The number of morpholine rings is 1. The molecule has 0 saturated carbocycles. The van der Waals surface area contributed by atoms with E-state index in [-0.39, 0.29) is 10.8 Å². The Morgan fingerprint density at radius 3 is 2.65 bits per heavy atom. The fourth-order valence-electron chi connectivity index (χ4n) is 3.64. The Balaban J connectivity index is 1.43. The van der Waals surface area contributed by atoms with Crippen LogP contribution in [-0.4, -0.2) is 49.9 Å². The Hall–Kier alpha value is -2.85. The predicted molar refractivity (Wildman–Crippen MR) is 121 cm³/mol. The molecular weight excluding hydrogens is 434 g/mol. The molecule has 1 aliphatic heterocycles. The number of hydrogen-bond acceptors (Lipinski definition) is 6. The number of ether oxygens (including phenoxy) is 1. The van der Waals surface area contributed by atoms with Gasteiger partial charge in [0.15, 0.2) is 5.13 Å². The van der Waals surface area contributed by atoms with Crippen LogP contribution in [0.2, 0.25) is 0 Å². The zero-order chi connectivity index (χ0) is 21.4. The molecule has 1 aromatic heterocycles. The summed E-state index contributed by atoms with van der Waals surface area (Å²) in [5, 5.41) is 5.13. The van der Waals surface area contributed by atoms with Gasteiger partial charge < -0.3 is 4.74 Å². The van der Waals surface area contributed by atoms with Gasteiger partial charge in [0, 0.05) is 18.7 Å². The van der Waals surface area contributed by atoms with Gasteiger partial charge in [-0.1, -0.05) is 47.7 Å². The van der Waals surface area contributed by atoms with Gasteiger partial charge in [0.1, 0.15) is 0 Å². The van der Waals surface area contributed by atoms with Crippen molar-refractivity contribution in [1.29, 1.82) is 0 Å². The normalized spacial score (nSPS) is 15.4. The zero-order valence-electron chi connectivity index (χ0n) is 16.4. The van der Waals surface area contributed by atoms with Crippen molar-refractivity contribution < 1.29 is 17.9 Å². The van der Waals surface area contributed by atoms with Crippen molar-refractivity contribution in [3.05, 3.63) is 66.2 Å². The number of benzene rings is 3. The van der Waals surface area contributed by atoms with E-state index < -0.39 is 10.0 Å². The topological polar surface area (TPSA) is 88.6 Å². The van der Waals surface area contributed by atoms with E-state index in [0.29, 0.717) is 47.2 Å². The van der Waals surface area contributed by atoms with Crippen LogP contribution in [0, 0.1) is 0 Å². The number of sulfonamides is 1. The molecule has 158 valence electrons. The first-order valence-electron chi connectivity index (χ1n) is 9.80. The number of carbonyl (C=O) groups is 1. The Morgan fingerprint density at radius 1 is 1.03 bits per heavy atom. The van der Waals surface area contributed by atoms with E-state index in [1.165, 1.54) is 15.6 Å². The maximum atomic E-state index is 12.9. The maximum Gasteiger partial charge on any atom is 0.258 e. The lowest BCUT2D eigenvalue weighted by atomic mass is 10.0. The summed E-state index contributed by atoms with van der Waals surface area (Å²) in [7, 11) is -3.59. The molecule has 0 bridgehead atoms. The highest BCUT2D eigenvalue weighted by molar-refractivity contribution is 7.89. The van der Waals surface area contributed by atoms with Crippen LogP contribution in [0.4, 0.5) is 5.13 Å². The third-order valence-electron chi connectivity index (χ3n) is 5.22. The number of nitrogens with zero attached hydrogens (tertiary/aromatic N) is 2. The molecule has 0 atom stereocenters. The molecule has 3 aromatic carbocycles. The van der Waals surface area contributed by atoms with E-state index >= 15 is 0 Å². The Morgan fingerprint density at radius 2 is 1.81 bits per heavy atom. The molecule has 31 heavy (non-hydrogen) atoms. The molecule has 0 aliphatic carbocycles. The molecule has 0 spiro atoms. The fourth-order valence-corrected chi connectivity index (χ4v) is 6.05. The van der Waals surface area contributed by atoms with E-state index in [2.05, 4.69) is 10.3 Å². The minimum Gasteiger partial charge on any atom is -0.379 e. The maximum absolute atomic E-state index is 12.9. The number of hydrogen-bond donors (Lipinski definition) is 1. The molecule has 1 N–H and O–H groups in total. The first-order chi connectivity index (χ1) is 15.0. The predicted octanol–water partition coefficient (Wildman–Crippen LogP) is 3.72. The Labute approximate surface area is 183 Å². The molecule has 1 amide bonds.